The summed E-state index contributed by atoms with van der Waals surface area (Å²) in [6.07, 6.45) is 0.941. The zero-order valence-electron chi connectivity index (χ0n) is 10.5. The number of pyridine rings is 1. The van der Waals surface area contributed by atoms with E-state index in [1.807, 2.05) is 0 Å². The Morgan fingerprint density at radius 2 is 2.11 bits per heavy atom. The molecular formula is C12H15NO5. The van der Waals surface area contributed by atoms with Crippen LogP contribution in [0, 0.1) is 0 Å². The van der Waals surface area contributed by atoms with Crippen LogP contribution in [0.5, 0.6) is 5.75 Å². The highest BCUT2D eigenvalue weighted by molar-refractivity contribution is 5.93. The molecule has 6 heteroatoms. The highest BCUT2D eigenvalue weighted by Crippen LogP contribution is 2.20. The molecule has 0 saturated heterocycles. The van der Waals surface area contributed by atoms with Gasteiger partial charge in [0.2, 0.25) is 0 Å². The molecule has 0 bridgehead atoms. The number of esters is 1. The van der Waals surface area contributed by atoms with Crippen molar-refractivity contribution >= 4 is 11.9 Å². The molecule has 1 rings (SSSR count). The van der Waals surface area contributed by atoms with E-state index >= 15 is 0 Å². The molecule has 1 aromatic heterocycles. The molecule has 0 aromatic carbocycles. The third kappa shape index (κ3) is 3.44. The van der Waals surface area contributed by atoms with Crippen LogP contribution in [-0.4, -0.2) is 34.7 Å². The molecule has 0 amide bonds. The molecule has 98 valence electrons. The summed E-state index contributed by atoms with van der Waals surface area (Å²) in [7, 11) is 0. The number of carbonyl (C=O) groups is 2. The van der Waals surface area contributed by atoms with Crippen LogP contribution in [-0.2, 0) is 4.74 Å². The van der Waals surface area contributed by atoms with Crippen molar-refractivity contribution in [3.63, 3.8) is 0 Å². The molecule has 0 unspecified atom stereocenters. The fourth-order valence-corrected chi connectivity index (χ4v) is 1.28. The van der Waals surface area contributed by atoms with Crippen LogP contribution in [0.25, 0.3) is 0 Å². The number of carboxylic acids is 1. The summed E-state index contributed by atoms with van der Waals surface area (Å²) in [6, 6.07) is 1.33. The average Bonchev–Trinajstić information content (AvgIpc) is 2.28. The number of aromatic nitrogens is 1. The van der Waals surface area contributed by atoms with Gasteiger partial charge in [-0.2, -0.15) is 0 Å². The molecule has 1 N–H and O–H groups in total. The van der Waals surface area contributed by atoms with Crippen molar-refractivity contribution in [2.24, 2.45) is 0 Å². The van der Waals surface area contributed by atoms with E-state index in [1.54, 1.807) is 20.8 Å². The van der Waals surface area contributed by atoms with Gasteiger partial charge < -0.3 is 14.6 Å². The van der Waals surface area contributed by atoms with Crippen LogP contribution in [0.1, 0.15) is 41.6 Å². The first kappa shape index (κ1) is 14.0. The molecule has 0 spiro atoms. The van der Waals surface area contributed by atoms with Crippen LogP contribution in [0.15, 0.2) is 12.3 Å². The van der Waals surface area contributed by atoms with Gasteiger partial charge in [0.15, 0.2) is 11.4 Å². The van der Waals surface area contributed by atoms with Crippen LogP contribution in [0.2, 0.25) is 0 Å². The van der Waals surface area contributed by atoms with Gasteiger partial charge in [-0.05, 0) is 26.8 Å². The van der Waals surface area contributed by atoms with Crippen LogP contribution in [0.3, 0.4) is 0 Å². The third-order valence-electron chi connectivity index (χ3n) is 1.93. The second-order valence-electron chi connectivity index (χ2n) is 3.76. The SMILES string of the molecule is CCOC(=O)c1cnc(C(=O)O)c(OC(C)C)c1. The summed E-state index contributed by atoms with van der Waals surface area (Å²) in [4.78, 5) is 26.2. The van der Waals surface area contributed by atoms with E-state index in [1.165, 1.54) is 6.07 Å². The smallest absolute Gasteiger partial charge is 0.358 e. The Kier molecular flexibility index (Phi) is 4.65. The lowest BCUT2D eigenvalue weighted by molar-refractivity contribution is 0.0522. The monoisotopic (exact) mass is 253 g/mol. The second-order valence-corrected chi connectivity index (χ2v) is 3.76. The molecule has 0 aliphatic heterocycles. The van der Waals surface area contributed by atoms with E-state index < -0.39 is 11.9 Å². The summed E-state index contributed by atoms with van der Waals surface area (Å²) < 4.78 is 10.1. The number of hydrogen-bond donors (Lipinski definition) is 1. The molecule has 1 heterocycles. The molecule has 0 fully saturated rings. The Bertz CT molecular complexity index is 456. The van der Waals surface area contributed by atoms with Gasteiger partial charge in [-0.3, -0.25) is 0 Å². The van der Waals surface area contributed by atoms with Gasteiger partial charge in [0.1, 0.15) is 0 Å². The number of carboxylic acid groups (broad SMARTS) is 1. The van der Waals surface area contributed by atoms with Crippen molar-refractivity contribution in [3.8, 4) is 5.75 Å². The van der Waals surface area contributed by atoms with Gasteiger partial charge in [0, 0.05) is 6.20 Å². The van der Waals surface area contributed by atoms with E-state index in [0.717, 1.165) is 6.20 Å². The number of hydrogen-bond acceptors (Lipinski definition) is 5. The quantitative estimate of drug-likeness (QED) is 0.804. The number of ether oxygens (including phenoxy) is 2. The van der Waals surface area contributed by atoms with Gasteiger partial charge in [-0.15, -0.1) is 0 Å². The molecular weight excluding hydrogens is 238 g/mol. The van der Waals surface area contributed by atoms with Gasteiger partial charge in [0.05, 0.1) is 18.3 Å². The van der Waals surface area contributed by atoms with Gasteiger partial charge in [0.25, 0.3) is 0 Å². The summed E-state index contributed by atoms with van der Waals surface area (Å²) >= 11 is 0. The summed E-state index contributed by atoms with van der Waals surface area (Å²) in [5, 5.41) is 8.95. The molecule has 1 aromatic rings. The third-order valence-corrected chi connectivity index (χ3v) is 1.93. The molecule has 0 saturated carbocycles. The Morgan fingerprint density at radius 3 is 2.61 bits per heavy atom. The molecule has 6 nitrogen and oxygen atoms in total. The van der Waals surface area contributed by atoms with E-state index in [-0.39, 0.29) is 29.7 Å². The maximum absolute atomic E-state index is 11.5. The van der Waals surface area contributed by atoms with Gasteiger partial charge >= 0.3 is 11.9 Å². The maximum atomic E-state index is 11.5. The Labute approximate surface area is 105 Å². The topological polar surface area (TPSA) is 85.7 Å². The predicted octanol–water partition coefficient (Wildman–Crippen LogP) is 1.74. The van der Waals surface area contributed by atoms with Crippen molar-refractivity contribution in [2.75, 3.05) is 6.61 Å². The summed E-state index contributed by atoms with van der Waals surface area (Å²) in [5.74, 6) is -1.71. The highest BCUT2D eigenvalue weighted by atomic mass is 16.5. The van der Waals surface area contributed by atoms with E-state index in [0.29, 0.717) is 0 Å². The standard InChI is InChI=1S/C12H15NO5/c1-4-17-12(16)8-5-9(18-7(2)3)10(11(14)15)13-6-8/h5-7H,4H2,1-3H3,(H,14,15). The van der Waals surface area contributed by atoms with Crippen molar-refractivity contribution in [1.82, 2.24) is 4.98 Å². The Morgan fingerprint density at radius 1 is 1.44 bits per heavy atom. The molecule has 0 aliphatic carbocycles. The number of carbonyl (C=O) groups excluding carboxylic acids is 1. The van der Waals surface area contributed by atoms with Crippen molar-refractivity contribution in [2.45, 2.75) is 26.9 Å². The minimum absolute atomic E-state index is 0.0584. The van der Waals surface area contributed by atoms with Gasteiger partial charge in [-0.1, -0.05) is 0 Å². The first-order chi connectivity index (χ1) is 8.45. The Hall–Kier alpha value is -2.11. The largest absolute Gasteiger partial charge is 0.488 e. The summed E-state index contributed by atoms with van der Waals surface area (Å²) in [5.41, 5.74) is -0.0609. The van der Waals surface area contributed by atoms with Crippen molar-refractivity contribution in [3.05, 3.63) is 23.5 Å². The first-order valence-corrected chi connectivity index (χ1v) is 5.52. The first-order valence-electron chi connectivity index (χ1n) is 5.52. The van der Waals surface area contributed by atoms with Crippen LogP contribution >= 0.6 is 0 Å². The van der Waals surface area contributed by atoms with E-state index in [4.69, 9.17) is 14.6 Å². The predicted molar refractivity (Wildman–Crippen MR) is 62.9 cm³/mol. The lowest BCUT2D eigenvalue weighted by atomic mass is 10.2. The fourth-order valence-electron chi connectivity index (χ4n) is 1.28. The van der Waals surface area contributed by atoms with Crippen LogP contribution < -0.4 is 4.74 Å². The lowest BCUT2D eigenvalue weighted by Gasteiger charge is -2.12. The number of aromatic carboxylic acids is 1. The molecule has 0 aliphatic rings. The van der Waals surface area contributed by atoms with E-state index in [9.17, 15) is 9.59 Å². The number of nitrogens with zero attached hydrogens (tertiary/aromatic N) is 1. The maximum Gasteiger partial charge on any atom is 0.358 e. The number of rotatable bonds is 5. The average molecular weight is 253 g/mol. The lowest BCUT2D eigenvalue weighted by Crippen LogP contribution is -2.13. The van der Waals surface area contributed by atoms with Crippen molar-refractivity contribution in [1.29, 1.82) is 0 Å². The zero-order valence-corrected chi connectivity index (χ0v) is 10.5. The zero-order chi connectivity index (χ0) is 13.7. The molecule has 0 atom stereocenters. The minimum Gasteiger partial charge on any atom is -0.488 e. The van der Waals surface area contributed by atoms with Crippen LogP contribution in [0.4, 0.5) is 0 Å². The highest BCUT2D eigenvalue weighted by Gasteiger charge is 2.18. The summed E-state index contributed by atoms with van der Waals surface area (Å²) in [6.45, 7) is 5.42. The normalized spacial score (nSPS) is 10.2. The second kappa shape index (κ2) is 6.00. The van der Waals surface area contributed by atoms with Gasteiger partial charge in [-0.25, -0.2) is 14.6 Å². The molecule has 18 heavy (non-hydrogen) atoms. The van der Waals surface area contributed by atoms with Crippen molar-refractivity contribution < 1.29 is 24.2 Å². The van der Waals surface area contributed by atoms with E-state index in [2.05, 4.69) is 4.98 Å². The minimum atomic E-state index is -1.21. The molecule has 0 radical (unpaired) electrons. The fraction of sp³-hybridized carbons (Fsp3) is 0.417. The Balaban J connectivity index is 3.12.